The number of rotatable bonds is 4. The molecule has 1 aliphatic carbocycles. The molecule has 94 valence electrons. The van der Waals surface area contributed by atoms with Crippen molar-refractivity contribution in [3.8, 4) is 5.75 Å². The van der Waals surface area contributed by atoms with Gasteiger partial charge in [0, 0.05) is 6.61 Å². The van der Waals surface area contributed by atoms with Crippen LogP contribution in [-0.4, -0.2) is 18.1 Å². The summed E-state index contributed by atoms with van der Waals surface area (Å²) in [4.78, 5) is 0. The number of benzene rings is 1. The van der Waals surface area contributed by atoms with Crippen LogP contribution in [0.2, 0.25) is 0 Å². The molecule has 0 aliphatic heterocycles. The SMILES string of the molecule is OCC1(Cc2ccc(OC(F)(F)F)cc2)CC1. The molecule has 1 N–H and O–H groups in total. The molecule has 0 saturated heterocycles. The predicted molar refractivity (Wildman–Crippen MR) is 55.6 cm³/mol. The Kier molecular flexibility index (Phi) is 3.03. The highest BCUT2D eigenvalue weighted by Crippen LogP contribution is 2.47. The third kappa shape index (κ3) is 3.36. The van der Waals surface area contributed by atoms with Crippen LogP contribution < -0.4 is 4.74 Å². The summed E-state index contributed by atoms with van der Waals surface area (Å²) in [5.41, 5.74) is 0.887. The van der Waals surface area contributed by atoms with Gasteiger partial charge in [-0.25, -0.2) is 0 Å². The number of hydrogen-bond donors (Lipinski definition) is 1. The third-order valence-corrected chi connectivity index (χ3v) is 3.03. The molecule has 0 bridgehead atoms. The van der Waals surface area contributed by atoms with Gasteiger partial charge in [-0.3, -0.25) is 0 Å². The van der Waals surface area contributed by atoms with E-state index in [-0.39, 0.29) is 17.8 Å². The fraction of sp³-hybridized carbons (Fsp3) is 0.500. The Balaban J connectivity index is 1.98. The molecule has 2 nitrogen and oxygen atoms in total. The Bertz CT molecular complexity index is 380. The molecule has 17 heavy (non-hydrogen) atoms. The maximum atomic E-state index is 11.9. The molecule has 1 aromatic rings. The lowest BCUT2D eigenvalue weighted by Gasteiger charge is -2.12. The van der Waals surface area contributed by atoms with Gasteiger partial charge in [-0.2, -0.15) is 0 Å². The predicted octanol–water partition coefficient (Wildman–Crippen LogP) is 2.90. The second kappa shape index (κ2) is 4.22. The molecule has 0 spiro atoms. The summed E-state index contributed by atoms with van der Waals surface area (Å²) < 4.78 is 39.5. The van der Waals surface area contributed by atoms with Crippen molar-refractivity contribution in [1.82, 2.24) is 0 Å². The molecule has 0 atom stereocenters. The van der Waals surface area contributed by atoms with Crippen molar-refractivity contribution in [3.05, 3.63) is 29.8 Å². The van der Waals surface area contributed by atoms with Gasteiger partial charge in [0.1, 0.15) is 5.75 Å². The fourth-order valence-corrected chi connectivity index (χ4v) is 1.81. The quantitative estimate of drug-likeness (QED) is 0.885. The molecule has 0 radical (unpaired) electrons. The van der Waals surface area contributed by atoms with Gasteiger partial charge < -0.3 is 9.84 Å². The lowest BCUT2D eigenvalue weighted by molar-refractivity contribution is -0.274. The fourth-order valence-electron chi connectivity index (χ4n) is 1.81. The second-order valence-corrected chi connectivity index (χ2v) is 4.53. The molecule has 0 unspecified atom stereocenters. The van der Waals surface area contributed by atoms with Crippen molar-refractivity contribution < 1.29 is 23.0 Å². The third-order valence-electron chi connectivity index (χ3n) is 3.03. The Morgan fingerprint density at radius 2 is 1.76 bits per heavy atom. The first kappa shape index (κ1) is 12.2. The highest BCUT2D eigenvalue weighted by Gasteiger charge is 2.41. The standard InChI is InChI=1S/C12H13F3O2/c13-12(14,15)17-10-3-1-9(2-4-10)7-11(8-16)5-6-11/h1-4,16H,5-8H2. The zero-order chi connectivity index (χ0) is 12.5. The molecule has 1 fully saturated rings. The molecule has 0 amide bonds. The Hall–Kier alpha value is -1.23. The largest absolute Gasteiger partial charge is 0.573 e. The van der Waals surface area contributed by atoms with Crippen molar-refractivity contribution in [3.63, 3.8) is 0 Å². The van der Waals surface area contributed by atoms with Gasteiger partial charge >= 0.3 is 6.36 Å². The van der Waals surface area contributed by atoms with Crippen LogP contribution >= 0.6 is 0 Å². The van der Waals surface area contributed by atoms with Gasteiger partial charge in [0.15, 0.2) is 0 Å². The van der Waals surface area contributed by atoms with E-state index in [1.54, 1.807) is 12.1 Å². The van der Waals surface area contributed by atoms with E-state index in [0.717, 1.165) is 18.4 Å². The monoisotopic (exact) mass is 246 g/mol. The summed E-state index contributed by atoms with van der Waals surface area (Å²) in [7, 11) is 0. The number of aliphatic hydroxyl groups is 1. The van der Waals surface area contributed by atoms with Crippen molar-refractivity contribution in [2.24, 2.45) is 5.41 Å². The van der Waals surface area contributed by atoms with Gasteiger partial charge in [-0.1, -0.05) is 12.1 Å². The molecule has 0 heterocycles. The Morgan fingerprint density at radius 3 is 2.18 bits per heavy atom. The average Bonchev–Trinajstić information content (AvgIpc) is 3.00. The number of alkyl halides is 3. The Morgan fingerprint density at radius 1 is 1.18 bits per heavy atom. The zero-order valence-electron chi connectivity index (χ0n) is 9.13. The molecule has 1 aromatic carbocycles. The van der Waals surface area contributed by atoms with E-state index in [1.165, 1.54) is 12.1 Å². The van der Waals surface area contributed by atoms with Crippen molar-refractivity contribution in [2.75, 3.05) is 6.61 Å². The first-order chi connectivity index (χ1) is 7.92. The zero-order valence-corrected chi connectivity index (χ0v) is 9.13. The highest BCUT2D eigenvalue weighted by atomic mass is 19.4. The van der Waals surface area contributed by atoms with Crippen LogP contribution in [-0.2, 0) is 6.42 Å². The minimum atomic E-state index is -4.65. The van der Waals surface area contributed by atoms with Crippen molar-refractivity contribution >= 4 is 0 Å². The number of halogens is 3. The van der Waals surface area contributed by atoms with Gasteiger partial charge in [-0.15, -0.1) is 13.2 Å². The van der Waals surface area contributed by atoms with E-state index in [1.807, 2.05) is 0 Å². The van der Waals surface area contributed by atoms with E-state index >= 15 is 0 Å². The summed E-state index contributed by atoms with van der Waals surface area (Å²) in [6.45, 7) is 0.133. The first-order valence-corrected chi connectivity index (χ1v) is 5.38. The van der Waals surface area contributed by atoms with Crippen LogP contribution in [0.4, 0.5) is 13.2 Å². The summed E-state index contributed by atoms with van der Waals surface area (Å²) >= 11 is 0. The molecule has 2 rings (SSSR count). The minimum absolute atomic E-state index is 0.0353. The molecule has 1 saturated carbocycles. The molecular weight excluding hydrogens is 233 g/mol. The van der Waals surface area contributed by atoms with Gasteiger partial charge in [0.25, 0.3) is 0 Å². The molecule has 1 aliphatic rings. The van der Waals surface area contributed by atoms with E-state index in [2.05, 4.69) is 4.74 Å². The summed E-state index contributed by atoms with van der Waals surface area (Å²) in [5, 5.41) is 9.15. The van der Waals surface area contributed by atoms with Crippen LogP contribution in [0.25, 0.3) is 0 Å². The summed E-state index contributed by atoms with van der Waals surface area (Å²) in [6, 6.07) is 5.82. The normalized spacial score (nSPS) is 17.9. The van der Waals surface area contributed by atoms with E-state index in [4.69, 9.17) is 5.11 Å². The van der Waals surface area contributed by atoms with Crippen LogP contribution in [0, 0.1) is 5.41 Å². The van der Waals surface area contributed by atoms with E-state index in [0.29, 0.717) is 6.42 Å². The maximum Gasteiger partial charge on any atom is 0.573 e. The van der Waals surface area contributed by atoms with E-state index < -0.39 is 6.36 Å². The topological polar surface area (TPSA) is 29.5 Å². The Labute approximate surface area is 97.0 Å². The van der Waals surface area contributed by atoms with E-state index in [9.17, 15) is 13.2 Å². The first-order valence-electron chi connectivity index (χ1n) is 5.38. The van der Waals surface area contributed by atoms with Crippen LogP contribution in [0.15, 0.2) is 24.3 Å². The second-order valence-electron chi connectivity index (χ2n) is 4.53. The van der Waals surface area contributed by atoms with Crippen LogP contribution in [0.1, 0.15) is 18.4 Å². The molecule has 0 aromatic heterocycles. The lowest BCUT2D eigenvalue weighted by Crippen LogP contribution is -2.17. The molecular formula is C12H13F3O2. The number of hydrogen-bond acceptors (Lipinski definition) is 2. The highest BCUT2D eigenvalue weighted by molar-refractivity contribution is 5.28. The van der Waals surface area contributed by atoms with Crippen LogP contribution in [0.3, 0.4) is 0 Å². The summed E-state index contributed by atoms with van der Waals surface area (Å²) in [6.07, 6.45) is -1.99. The van der Waals surface area contributed by atoms with Gasteiger partial charge in [0.2, 0.25) is 0 Å². The van der Waals surface area contributed by atoms with Crippen LogP contribution in [0.5, 0.6) is 5.75 Å². The minimum Gasteiger partial charge on any atom is -0.406 e. The van der Waals surface area contributed by atoms with Crippen molar-refractivity contribution in [2.45, 2.75) is 25.6 Å². The summed E-state index contributed by atoms with van der Waals surface area (Å²) in [5.74, 6) is -0.213. The lowest BCUT2D eigenvalue weighted by atomic mass is 9.97. The van der Waals surface area contributed by atoms with Crippen molar-refractivity contribution in [1.29, 1.82) is 0 Å². The maximum absolute atomic E-state index is 11.9. The van der Waals surface area contributed by atoms with Gasteiger partial charge in [-0.05, 0) is 42.4 Å². The smallest absolute Gasteiger partial charge is 0.406 e. The van der Waals surface area contributed by atoms with Gasteiger partial charge in [0.05, 0.1) is 0 Å². The average molecular weight is 246 g/mol. The number of ether oxygens (including phenoxy) is 1. The molecule has 5 heteroatoms. The number of aliphatic hydroxyl groups excluding tert-OH is 1.